The molecule has 0 spiro atoms. The van der Waals surface area contributed by atoms with Crippen LogP contribution in [0.15, 0.2) is 29.4 Å². The minimum absolute atomic E-state index is 0.363. The number of ether oxygens (including phenoxy) is 2. The largest absolute Gasteiger partial charge is 0.476 e. The summed E-state index contributed by atoms with van der Waals surface area (Å²) < 4.78 is 79.9. The van der Waals surface area contributed by atoms with Gasteiger partial charge in [0.2, 0.25) is 29.0 Å². The summed E-state index contributed by atoms with van der Waals surface area (Å²) in [6, 6.07) is 4.65. The van der Waals surface area contributed by atoms with Crippen LogP contribution in [0.4, 0.5) is 22.0 Å². The number of halogens is 5. The van der Waals surface area contributed by atoms with E-state index in [9.17, 15) is 22.0 Å². The van der Waals surface area contributed by atoms with Crippen molar-refractivity contribution in [1.82, 2.24) is 0 Å². The van der Waals surface area contributed by atoms with Crippen molar-refractivity contribution in [3.8, 4) is 17.2 Å². The second-order valence-corrected chi connectivity index (χ2v) is 7.36. The molecule has 0 radical (unpaired) electrons. The first kappa shape index (κ1) is 20.2. The van der Waals surface area contributed by atoms with Crippen LogP contribution in [-0.2, 0) is 4.84 Å². The van der Waals surface area contributed by atoms with Gasteiger partial charge in [-0.2, -0.15) is 17.6 Å². The lowest BCUT2D eigenvalue weighted by atomic mass is 10.1. The quantitative estimate of drug-likeness (QED) is 0.351. The topological polar surface area (TPSA) is 40.0 Å². The van der Waals surface area contributed by atoms with E-state index in [1.54, 1.807) is 13.8 Å². The third-order valence-corrected chi connectivity index (χ3v) is 4.42. The van der Waals surface area contributed by atoms with Crippen molar-refractivity contribution in [3.05, 3.63) is 53.4 Å². The van der Waals surface area contributed by atoms with Crippen molar-refractivity contribution >= 4 is 16.8 Å². The number of thioether (sulfide) groups is 1. The fourth-order valence-electron chi connectivity index (χ4n) is 2.28. The molecule has 0 aliphatic carbocycles. The zero-order valence-electron chi connectivity index (χ0n) is 14.7. The van der Waals surface area contributed by atoms with Gasteiger partial charge in [-0.1, -0.05) is 29.1 Å². The molecule has 0 saturated heterocycles. The van der Waals surface area contributed by atoms with E-state index in [0.717, 1.165) is 23.9 Å². The second-order valence-electron chi connectivity index (χ2n) is 6.37. The first-order valence-electron chi connectivity index (χ1n) is 7.98. The van der Waals surface area contributed by atoms with Gasteiger partial charge in [-0.25, -0.2) is 4.39 Å². The van der Waals surface area contributed by atoms with Crippen LogP contribution in [0.1, 0.15) is 20.3 Å². The Morgan fingerprint density at radius 1 is 1.00 bits per heavy atom. The molecule has 1 heterocycles. The Morgan fingerprint density at radius 3 is 2.18 bits per heavy atom. The molecule has 0 bridgehead atoms. The summed E-state index contributed by atoms with van der Waals surface area (Å²) >= 11 is 0.963. The summed E-state index contributed by atoms with van der Waals surface area (Å²) in [5, 5.41) is 4.28. The monoisotopic (exact) mass is 419 g/mol. The molecule has 1 aliphatic rings. The Morgan fingerprint density at radius 2 is 1.61 bits per heavy atom. The molecule has 2 aromatic rings. The molecule has 0 fully saturated rings. The van der Waals surface area contributed by atoms with Gasteiger partial charge in [0.1, 0.15) is 16.6 Å². The zero-order valence-corrected chi connectivity index (χ0v) is 15.5. The molecule has 0 aromatic heterocycles. The van der Waals surface area contributed by atoms with E-state index >= 15 is 0 Å². The number of para-hydroxylation sites is 1. The van der Waals surface area contributed by atoms with Crippen LogP contribution in [-0.4, -0.2) is 16.6 Å². The van der Waals surface area contributed by atoms with Crippen molar-refractivity contribution < 1.29 is 36.3 Å². The van der Waals surface area contributed by atoms with Gasteiger partial charge in [-0.15, -0.1) is 0 Å². The van der Waals surface area contributed by atoms with E-state index in [4.69, 9.17) is 14.3 Å². The first-order chi connectivity index (χ1) is 13.2. The number of hydrogen-bond donors (Lipinski definition) is 0. The van der Waals surface area contributed by atoms with Crippen molar-refractivity contribution in [2.75, 3.05) is 5.94 Å². The Kier molecular flexibility index (Phi) is 5.69. The third-order valence-electron chi connectivity index (χ3n) is 3.63. The molecule has 2 aromatic carbocycles. The lowest BCUT2D eigenvalue weighted by molar-refractivity contribution is 0.0123. The summed E-state index contributed by atoms with van der Waals surface area (Å²) in [6.45, 7) is 3.59. The summed E-state index contributed by atoms with van der Waals surface area (Å²) in [5.74, 6) is -11.8. The molecule has 0 unspecified atom stereocenters. The summed E-state index contributed by atoms with van der Waals surface area (Å²) in [7, 11) is 0. The van der Waals surface area contributed by atoms with E-state index < -0.39 is 51.9 Å². The molecular weight excluding hydrogens is 405 g/mol. The molecule has 3 rings (SSSR count). The van der Waals surface area contributed by atoms with E-state index in [2.05, 4.69) is 5.16 Å². The predicted octanol–water partition coefficient (Wildman–Crippen LogP) is 5.76. The van der Waals surface area contributed by atoms with Gasteiger partial charge in [-0.3, -0.25) is 0 Å². The average Bonchev–Trinajstić information content (AvgIpc) is 3.00. The highest BCUT2D eigenvalue weighted by Crippen LogP contribution is 2.38. The first-order valence-corrected chi connectivity index (χ1v) is 8.97. The highest BCUT2D eigenvalue weighted by molar-refractivity contribution is 8.13. The molecular formula is C18H14F5NO3S. The molecule has 0 atom stereocenters. The summed E-state index contributed by atoms with van der Waals surface area (Å²) in [4.78, 5) is 5.12. The lowest BCUT2D eigenvalue weighted by Gasteiger charge is -2.14. The standard InChI is InChI=1S/C18H14F5NO3S/c1-18(2)7-11(24-27-18)28-8-25-16-12(20)14(22)17(15(23)13(16)21)26-10-6-4-3-5-9(10)19/h3-6H,7-8H2,1-2H3. The summed E-state index contributed by atoms with van der Waals surface area (Å²) in [5.41, 5.74) is -0.511. The van der Waals surface area contributed by atoms with Crippen LogP contribution < -0.4 is 9.47 Å². The Bertz CT molecular complexity index is 907. The van der Waals surface area contributed by atoms with Gasteiger partial charge in [0.25, 0.3) is 0 Å². The molecule has 10 heteroatoms. The van der Waals surface area contributed by atoms with Gasteiger partial charge >= 0.3 is 0 Å². The SMILES string of the molecule is CC1(C)CC(SCOc2c(F)c(F)c(Oc3ccccc3F)c(F)c2F)=NO1. The molecule has 0 N–H and O–H groups in total. The van der Waals surface area contributed by atoms with Gasteiger partial charge in [0.05, 0.1) is 0 Å². The third kappa shape index (κ3) is 4.16. The normalized spacial score (nSPS) is 15.2. The van der Waals surface area contributed by atoms with Crippen LogP contribution >= 0.6 is 11.8 Å². The van der Waals surface area contributed by atoms with Crippen LogP contribution in [0.3, 0.4) is 0 Å². The lowest BCUT2D eigenvalue weighted by Crippen LogP contribution is -2.18. The van der Waals surface area contributed by atoms with E-state index in [-0.39, 0.29) is 5.94 Å². The van der Waals surface area contributed by atoms with Crippen molar-refractivity contribution in [2.24, 2.45) is 5.16 Å². The van der Waals surface area contributed by atoms with Gasteiger partial charge in [-0.05, 0) is 26.0 Å². The van der Waals surface area contributed by atoms with Crippen LogP contribution in [0.2, 0.25) is 0 Å². The van der Waals surface area contributed by atoms with Crippen molar-refractivity contribution in [1.29, 1.82) is 0 Å². The Balaban J connectivity index is 1.78. The second kappa shape index (κ2) is 7.86. The maximum Gasteiger partial charge on any atom is 0.208 e. The Hall–Kier alpha value is -2.49. The van der Waals surface area contributed by atoms with Crippen molar-refractivity contribution in [3.63, 3.8) is 0 Å². The minimum Gasteiger partial charge on any atom is -0.476 e. The number of hydrogen-bond acceptors (Lipinski definition) is 5. The number of benzene rings is 2. The highest BCUT2D eigenvalue weighted by atomic mass is 32.2. The number of nitrogens with zero attached hydrogens (tertiary/aromatic N) is 1. The van der Waals surface area contributed by atoms with Gasteiger partial charge < -0.3 is 14.3 Å². The highest BCUT2D eigenvalue weighted by Gasteiger charge is 2.31. The van der Waals surface area contributed by atoms with Gasteiger partial charge in [0.15, 0.2) is 17.3 Å². The number of rotatable bonds is 5. The van der Waals surface area contributed by atoms with E-state index in [1.807, 2.05) is 0 Å². The van der Waals surface area contributed by atoms with Crippen LogP contribution in [0.25, 0.3) is 0 Å². The maximum absolute atomic E-state index is 14.2. The Labute approximate surface area is 161 Å². The predicted molar refractivity (Wildman–Crippen MR) is 93.1 cm³/mol. The van der Waals surface area contributed by atoms with Crippen LogP contribution in [0.5, 0.6) is 17.2 Å². The van der Waals surface area contributed by atoms with E-state index in [1.165, 1.54) is 12.1 Å². The fourth-order valence-corrected chi connectivity index (χ4v) is 3.13. The van der Waals surface area contributed by atoms with Crippen LogP contribution in [0, 0.1) is 29.1 Å². The fraction of sp³-hybridized carbons (Fsp3) is 0.278. The molecule has 0 amide bonds. The smallest absolute Gasteiger partial charge is 0.208 e. The minimum atomic E-state index is -1.84. The summed E-state index contributed by atoms with van der Waals surface area (Å²) in [6.07, 6.45) is 0.449. The molecule has 150 valence electrons. The molecule has 28 heavy (non-hydrogen) atoms. The molecule has 4 nitrogen and oxygen atoms in total. The van der Waals surface area contributed by atoms with Gasteiger partial charge in [0, 0.05) is 6.42 Å². The molecule has 1 aliphatic heterocycles. The zero-order chi connectivity index (χ0) is 20.5. The molecule has 0 saturated carbocycles. The average molecular weight is 419 g/mol. The van der Waals surface area contributed by atoms with E-state index in [0.29, 0.717) is 11.5 Å². The van der Waals surface area contributed by atoms with Crippen molar-refractivity contribution in [2.45, 2.75) is 25.9 Å². The maximum atomic E-state index is 14.2. The number of oxime groups is 1.